The van der Waals surface area contributed by atoms with Gasteiger partial charge in [0, 0.05) is 27.2 Å². The van der Waals surface area contributed by atoms with Crippen LogP contribution < -0.4 is 0 Å². The number of halogens is 1. The molecule has 0 aliphatic carbocycles. The van der Waals surface area contributed by atoms with Gasteiger partial charge in [0.1, 0.15) is 5.82 Å². The van der Waals surface area contributed by atoms with E-state index >= 15 is 0 Å². The first-order valence-corrected chi connectivity index (χ1v) is 8.65. The van der Waals surface area contributed by atoms with E-state index in [0.29, 0.717) is 24.9 Å². The molecular weight excluding hydrogens is 307 g/mol. The van der Waals surface area contributed by atoms with E-state index in [1.54, 1.807) is 21.0 Å². The second kappa shape index (κ2) is 6.34. The molecule has 1 aromatic rings. The number of carbonyl (C=O) groups is 1. The minimum absolute atomic E-state index is 0.0227. The molecule has 1 aliphatic rings. The van der Waals surface area contributed by atoms with Gasteiger partial charge in [-0.1, -0.05) is 6.07 Å². The minimum Gasteiger partial charge on any atom is -0.349 e. The maximum Gasteiger partial charge on any atom is 0.243 e. The molecule has 122 valence electrons. The van der Waals surface area contributed by atoms with Gasteiger partial charge in [0.2, 0.25) is 15.9 Å². The highest BCUT2D eigenvalue weighted by molar-refractivity contribution is 7.89. The van der Waals surface area contributed by atoms with Crippen LogP contribution in [0.2, 0.25) is 0 Å². The van der Waals surface area contributed by atoms with E-state index in [9.17, 15) is 17.6 Å². The van der Waals surface area contributed by atoms with E-state index < -0.39 is 15.8 Å². The van der Waals surface area contributed by atoms with Crippen molar-refractivity contribution >= 4 is 15.9 Å². The summed E-state index contributed by atoms with van der Waals surface area (Å²) >= 11 is 0. The van der Waals surface area contributed by atoms with E-state index in [1.165, 1.54) is 21.3 Å². The van der Waals surface area contributed by atoms with Crippen LogP contribution in [-0.4, -0.2) is 50.7 Å². The van der Waals surface area contributed by atoms with E-state index in [-0.39, 0.29) is 23.3 Å². The van der Waals surface area contributed by atoms with Gasteiger partial charge in [0.05, 0.1) is 10.8 Å². The van der Waals surface area contributed by atoms with Crippen molar-refractivity contribution < 1.29 is 17.6 Å². The third kappa shape index (κ3) is 3.30. The largest absolute Gasteiger partial charge is 0.349 e. The zero-order chi connectivity index (χ0) is 16.5. The van der Waals surface area contributed by atoms with Gasteiger partial charge in [-0.3, -0.25) is 4.79 Å². The molecule has 2 rings (SSSR count). The first kappa shape index (κ1) is 16.9. The molecule has 1 heterocycles. The number of sulfonamides is 1. The van der Waals surface area contributed by atoms with Crippen LogP contribution in [0.15, 0.2) is 23.1 Å². The Kier molecular flexibility index (Phi) is 4.87. The number of aryl methyl sites for hydroxylation is 1. The molecule has 5 nitrogen and oxygen atoms in total. The van der Waals surface area contributed by atoms with Crippen molar-refractivity contribution in [2.45, 2.75) is 24.7 Å². The molecule has 1 aliphatic heterocycles. The molecule has 1 aromatic carbocycles. The number of benzene rings is 1. The Morgan fingerprint density at radius 2 is 2.05 bits per heavy atom. The van der Waals surface area contributed by atoms with E-state index in [2.05, 4.69) is 0 Å². The third-order valence-electron chi connectivity index (χ3n) is 3.94. The number of carbonyl (C=O) groups excluding carboxylic acids is 1. The molecule has 0 spiro atoms. The maximum absolute atomic E-state index is 13.4. The van der Waals surface area contributed by atoms with Gasteiger partial charge < -0.3 is 4.90 Å². The maximum atomic E-state index is 13.4. The molecule has 0 radical (unpaired) electrons. The molecular formula is C15H21FN2O3S. The Balaban J connectivity index is 2.29. The van der Waals surface area contributed by atoms with Crippen LogP contribution in [0.1, 0.15) is 18.4 Å². The smallest absolute Gasteiger partial charge is 0.243 e. The fourth-order valence-corrected chi connectivity index (χ4v) is 4.48. The van der Waals surface area contributed by atoms with Gasteiger partial charge >= 0.3 is 0 Å². The normalized spacial score (nSPS) is 19.9. The van der Waals surface area contributed by atoms with Crippen LogP contribution in [0.3, 0.4) is 0 Å². The van der Waals surface area contributed by atoms with Gasteiger partial charge in [-0.25, -0.2) is 12.8 Å². The Morgan fingerprint density at radius 1 is 1.36 bits per heavy atom. The fraction of sp³-hybridized carbons (Fsp3) is 0.533. The third-order valence-corrected chi connectivity index (χ3v) is 5.95. The number of piperidine rings is 1. The summed E-state index contributed by atoms with van der Waals surface area (Å²) in [5, 5.41) is 0. The molecule has 0 bridgehead atoms. The van der Waals surface area contributed by atoms with Crippen LogP contribution in [-0.2, 0) is 14.8 Å². The molecule has 0 unspecified atom stereocenters. The molecule has 1 fully saturated rings. The topological polar surface area (TPSA) is 57.7 Å². The zero-order valence-electron chi connectivity index (χ0n) is 13.0. The monoisotopic (exact) mass is 328 g/mol. The highest BCUT2D eigenvalue weighted by Gasteiger charge is 2.34. The summed E-state index contributed by atoms with van der Waals surface area (Å²) in [7, 11) is -0.466. The van der Waals surface area contributed by atoms with E-state index in [1.807, 2.05) is 0 Å². The van der Waals surface area contributed by atoms with E-state index in [4.69, 9.17) is 0 Å². The van der Waals surface area contributed by atoms with Crippen molar-refractivity contribution in [2.75, 3.05) is 27.2 Å². The van der Waals surface area contributed by atoms with Crippen LogP contribution in [0.4, 0.5) is 4.39 Å². The summed E-state index contributed by atoms with van der Waals surface area (Å²) in [5.74, 6) is -0.995. The van der Waals surface area contributed by atoms with E-state index in [0.717, 1.165) is 6.07 Å². The second-order valence-electron chi connectivity index (χ2n) is 5.84. The lowest BCUT2D eigenvalue weighted by Crippen LogP contribution is -2.45. The lowest BCUT2D eigenvalue weighted by molar-refractivity contribution is -0.134. The molecule has 1 atom stereocenters. The van der Waals surface area contributed by atoms with Gasteiger partial charge in [-0.05, 0) is 37.5 Å². The van der Waals surface area contributed by atoms with Crippen LogP contribution >= 0.6 is 0 Å². The number of nitrogens with zero attached hydrogens (tertiary/aromatic N) is 2. The predicted molar refractivity (Wildman–Crippen MR) is 81.3 cm³/mol. The summed E-state index contributed by atoms with van der Waals surface area (Å²) < 4.78 is 40.2. The summed E-state index contributed by atoms with van der Waals surface area (Å²) in [4.78, 5) is 13.5. The summed E-state index contributed by atoms with van der Waals surface area (Å²) in [6, 6.07) is 3.74. The van der Waals surface area contributed by atoms with Crippen LogP contribution in [0, 0.1) is 18.7 Å². The average Bonchev–Trinajstić information content (AvgIpc) is 2.48. The first-order chi connectivity index (χ1) is 10.2. The van der Waals surface area contributed by atoms with Crippen molar-refractivity contribution in [2.24, 2.45) is 5.92 Å². The predicted octanol–water partition coefficient (Wildman–Crippen LogP) is 1.62. The van der Waals surface area contributed by atoms with Crippen molar-refractivity contribution in [3.05, 3.63) is 29.6 Å². The van der Waals surface area contributed by atoms with Crippen molar-refractivity contribution in [3.8, 4) is 0 Å². The Labute approximate surface area is 130 Å². The van der Waals surface area contributed by atoms with Crippen molar-refractivity contribution in [1.29, 1.82) is 0 Å². The van der Waals surface area contributed by atoms with Crippen molar-refractivity contribution in [3.63, 3.8) is 0 Å². The average molecular weight is 328 g/mol. The van der Waals surface area contributed by atoms with Gasteiger partial charge in [-0.15, -0.1) is 0 Å². The molecule has 0 saturated carbocycles. The lowest BCUT2D eigenvalue weighted by atomic mass is 9.98. The Hall–Kier alpha value is -1.47. The quantitative estimate of drug-likeness (QED) is 0.847. The lowest BCUT2D eigenvalue weighted by Gasteiger charge is -2.32. The first-order valence-electron chi connectivity index (χ1n) is 7.21. The highest BCUT2D eigenvalue weighted by atomic mass is 32.2. The van der Waals surface area contributed by atoms with Crippen molar-refractivity contribution in [1.82, 2.24) is 9.21 Å². The highest BCUT2D eigenvalue weighted by Crippen LogP contribution is 2.26. The number of hydrogen-bond donors (Lipinski definition) is 0. The standard InChI is InChI=1S/C15H21FN2O3S/c1-11-6-7-13(16)9-14(11)22(20,21)18-8-4-5-12(10-18)15(19)17(2)3/h6-7,9,12H,4-5,8,10H2,1-3H3/t12-/m0/s1. The SMILES string of the molecule is Cc1ccc(F)cc1S(=O)(=O)N1CCC[C@H](C(=O)N(C)C)C1. The van der Waals surface area contributed by atoms with Gasteiger partial charge in [0.15, 0.2) is 0 Å². The second-order valence-corrected chi connectivity index (χ2v) is 7.75. The van der Waals surface area contributed by atoms with Crippen LogP contribution in [0.5, 0.6) is 0 Å². The summed E-state index contributed by atoms with van der Waals surface area (Å²) in [6.45, 7) is 2.14. The number of hydrogen-bond acceptors (Lipinski definition) is 3. The number of rotatable bonds is 3. The minimum atomic E-state index is -3.78. The zero-order valence-corrected chi connectivity index (χ0v) is 13.9. The molecule has 7 heteroatoms. The molecule has 0 N–H and O–H groups in total. The molecule has 1 saturated heterocycles. The van der Waals surface area contributed by atoms with Crippen LogP contribution in [0.25, 0.3) is 0 Å². The fourth-order valence-electron chi connectivity index (χ4n) is 2.72. The Morgan fingerprint density at radius 3 is 2.68 bits per heavy atom. The molecule has 1 amide bonds. The summed E-state index contributed by atoms with van der Waals surface area (Å²) in [6.07, 6.45) is 1.29. The summed E-state index contributed by atoms with van der Waals surface area (Å²) in [5.41, 5.74) is 0.502. The van der Waals surface area contributed by atoms with Gasteiger partial charge in [0.25, 0.3) is 0 Å². The Bertz CT molecular complexity index is 673. The molecule has 0 aromatic heterocycles. The van der Waals surface area contributed by atoms with Gasteiger partial charge in [-0.2, -0.15) is 4.31 Å². The molecule has 22 heavy (non-hydrogen) atoms. The number of amides is 1.